The lowest BCUT2D eigenvalue weighted by molar-refractivity contribution is 0.795. The summed E-state index contributed by atoms with van der Waals surface area (Å²) in [6.07, 6.45) is 7.67. The number of unbranched alkanes of at least 4 members (excludes halogenated alkanes) is 1. The van der Waals surface area contributed by atoms with Crippen LogP contribution in [0.1, 0.15) is 57.5 Å². The van der Waals surface area contributed by atoms with Gasteiger partial charge in [-0.25, -0.2) is 0 Å². The van der Waals surface area contributed by atoms with Crippen molar-refractivity contribution >= 4 is 27.3 Å². The van der Waals surface area contributed by atoms with Crippen LogP contribution in [0.4, 0.5) is 0 Å². The average molecular weight is 349 g/mol. The van der Waals surface area contributed by atoms with Crippen LogP contribution in [0.25, 0.3) is 0 Å². The van der Waals surface area contributed by atoms with Crippen LogP contribution >= 0.6 is 27.3 Å². The summed E-state index contributed by atoms with van der Waals surface area (Å²) in [4.78, 5) is 3.44. The molecule has 1 unspecified atom stereocenters. The number of thiophene rings is 1. The first-order valence-electron chi connectivity index (χ1n) is 7.62. The Morgan fingerprint density at radius 3 is 2.70 bits per heavy atom. The predicted molar refractivity (Wildman–Crippen MR) is 92.2 cm³/mol. The van der Waals surface area contributed by atoms with Gasteiger partial charge in [-0.15, -0.1) is 11.3 Å². The zero-order chi connectivity index (χ0) is 13.9. The molecule has 0 radical (unpaired) electrons. The number of rotatable bonds is 5. The van der Waals surface area contributed by atoms with Crippen LogP contribution < -0.4 is 0 Å². The van der Waals surface area contributed by atoms with Crippen LogP contribution in [0.3, 0.4) is 0 Å². The Hall–Kier alpha value is -0.600. The van der Waals surface area contributed by atoms with Crippen LogP contribution in [-0.4, -0.2) is 0 Å². The highest BCUT2D eigenvalue weighted by molar-refractivity contribution is 9.09. The molecular weight excluding hydrogens is 328 g/mol. The minimum atomic E-state index is 0.360. The van der Waals surface area contributed by atoms with Gasteiger partial charge in [0.15, 0.2) is 0 Å². The van der Waals surface area contributed by atoms with Gasteiger partial charge >= 0.3 is 0 Å². The lowest BCUT2D eigenvalue weighted by atomic mass is 10.0. The number of fused-ring (bicyclic) bond motifs is 1. The highest BCUT2D eigenvalue weighted by Gasteiger charge is 2.19. The summed E-state index contributed by atoms with van der Waals surface area (Å²) in [5.74, 6) is 0. The molecule has 1 aliphatic rings. The van der Waals surface area contributed by atoms with E-state index in [9.17, 15) is 0 Å². The van der Waals surface area contributed by atoms with Gasteiger partial charge in [-0.2, -0.15) is 0 Å². The van der Waals surface area contributed by atoms with Crippen LogP contribution in [0.2, 0.25) is 0 Å². The van der Waals surface area contributed by atoms with E-state index in [4.69, 9.17) is 0 Å². The predicted octanol–water partition coefficient (Wildman–Crippen LogP) is 6.06. The standard InChI is InChI=1S/C18H21BrS/c1-2-3-5-13-8-10-14(11-9-13)18(19)17-12-15-6-4-7-16(15)20-17/h8-12,18H,2-7H2,1H3. The molecule has 2 aromatic rings. The van der Waals surface area contributed by atoms with E-state index in [1.807, 2.05) is 11.3 Å². The molecule has 2 heteroatoms. The Bertz CT molecular complexity index is 546. The summed E-state index contributed by atoms with van der Waals surface area (Å²) >= 11 is 5.88. The first-order chi connectivity index (χ1) is 9.78. The Morgan fingerprint density at radius 1 is 1.20 bits per heavy atom. The molecule has 3 rings (SSSR count). The normalized spacial score (nSPS) is 15.3. The summed E-state index contributed by atoms with van der Waals surface area (Å²) < 4.78 is 0. The fraction of sp³-hybridized carbons (Fsp3) is 0.444. The third kappa shape index (κ3) is 3.01. The number of hydrogen-bond acceptors (Lipinski definition) is 1. The lowest BCUT2D eigenvalue weighted by Crippen LogP contribution is -1.91. The Labute approximate surface area is 134 Å². The number of hydrogen-bond donors (Lipinski definition) is 0. The molecule has 20 heavy (non-hydrogen) atoms. The van der Waals surface area contributed by atoms with E-state index in [2.05, 4.69) is 53.2 Å². The number of alkyl halides is 1. The quantitative estimate of drug-likeness (QED) is 0.575. The van der Waals surface area contributed by atoms with Crippen LogP contribution in [-0.2, 0) is 19.3 Å². The summed E-state index contributed by atoms with van der Waals surface area (Å²) in [6, 6.07) is 11.6. The van der Waals surface area contributed by atoms with Crippen molar-refractivity contribution in [3.63, 3.8) is 0 Å². The van der Waals surface area contributed by atoms with Crippen molar-refractivity contribution in [3.05, 3.63) is 56.8 Å². The maximum atomic E-state index is 3.88. The molecule has 0 saturated heterocycles. The van der Waals surface area contributed by atoms with Gasteiger partial charge in [-0.05, 0) is 54.9 Å². The monoisotopic (exact) mass is 348 g/mol. The van der Waals surface area contributed by atoms with E-state index in [-0.39, 0.29) is 0 Å². The average Bonchev–Trinajstić information content (AvgIpc) is 3.06. The van der Waals surface area contributed by atoms with Crippen molar-refractivity contribution < 1.29 is 0 Å². The van der Waals surface area contributed by atoms with Gasteiger partial charge in [0.25, 0.3) is 0 Å². The minimum absolute atomic E-state index is 0.360. The first kappa shape index (κ1) is 14.3. The zero-order valence-electron chi connectivity index (χ0n) is 12.0. The van der Waals surface area contributed by atoms with Crippen LogP contribution in [0.15, 0.2) is 30.3 Å². The van der Waals surface area contributed by atoms with Gasteiger partial charge in [-0.3, -0.25) is 0 Å². The highest BCUT2D eigenvalue weighted by Crippen LogP contribution is 2.40. The lowest BCUT2D eigenvalue weighted by Gasteiger charge is -2.09. The van der Waals surface area contributed by atoms with Gasteiger partial charge in [-0.1, -0.05) is 53.5 Å². The van der Waals surface area contributed by atoms with Crippen molar-refractivity contribution in [3.8, 4) is 0 Å². The maximum Gasteiger partial charge on any atom is 0.0738 e. The number of benzene rings is 1. The van der Waals surface area contributed by atoms with Gasteiger partial charge in [0.05, 0.1) is 4.83 Å². The summed E-state index contributed by atoms with van der Waals surface area (Å²) in [5, 5.41) is 0. The van der Waals surface area contributed by atoms with E-state index < -0.39 is 0 Å². The Kier molecular flexibility index (Phi) is 4.62. The fourth-order valence-electron chi connectivity index (χ4n) is 2.88. The van der Waals surface area contributed by atoms with Gasteiger partial charge in [0.2, 0.25) is 0 Å². The highest BCUT2D eigenvalue weighted by atomic mass is 79.9. The number of halogens is 1. The molecule has 0 nitrogen and oxygen atoms in total. The van der Waals surface area contributed by atoms with Crippen molar-refractivity contribution in [1.82, 2.24) is 0 Å². The maximum absolute atomic E-state index is 3.88. The van der Waals surface area contributed by atoms with Gasteiger partial charge in [0.1, 0.15) is 0 Å². The molecule has 0 aliphatic heterocycles. The minimum Gasteiger partial charge on any atom is -0.144 e. The van der Waals surface area contributed by atoms with Crippen molar-refractivity contribution in [2.75, 3.05) is 0 Å². The van der Waals surface area contributed by atoms with E-state index in [1.54, 1.807) is 10.4 Å². The van der Waals surface area contributed by atoms with Crippen LogP contribution in [0, 0.1) is 0 Å². The molecule has 0 spiro atoms. The second-order valence-corrected chi connectivity index (χ2v) is 7.74. The summed E-state index contributed by atoms with van der Waals surface area (Å²) in [5.41, 5.74) is 4.43. The second kappa shape index (κ2) is 6.44. The van der Waals surface area contributed by atoms with Gasteiger partial charge in [0, 0.05) is 9.75 Å². The fourth-order valence-corrected chi connectivity index (χ4v) is 4.86. The third-order valence-corrected chi connectivity index (χ3v) is 6.73. The van der Waals surface area contributed by atoms with E-state index >= 15 is 0 Å². The summed E-state index contributed by atoms with van der Waals surface area (Å²) in [7, 11) is 0. The molecule has 0 bridgehead atoms. The van der Waals surface area contributed by atoms with E-state index in [0.29, 0.717) is 4.83 Å². The molecule has 0 saturated carbocycles. The second-order valence-electron chi connectivity index (χ2n) is 5.66. The SMILES string of the molecule is CCCCc1ccc(C(Br)c2cc3c(s2)CCC3)cc1. The smallest absolute Gasteiger partial charge is 0.0738 e. The van der Waals surface area contributed by atoms with Crippen molar-refractivity contribution in [1.29, 1.82) is 0 Å². The Morgan fingerprint density at radius 2 is 2.00 bits per heavy atom. The van der Waals surface area contributed by atoms with E-state index in [1.165, 1.54) is 54.5 Å². The van der Waals surface area contributed by atoms with Crippen molar-refractivity contribution in [2.24, 2.45) is 0 Å². The van der Waals surface area contributed by atoms with Gasteiger partial charge < -0.3 is 0 Å². The molecule has 0 fully saturated rings. The summed E-state index contributed by atoms with van der Waals surface area (Å²) in [6.45, 7) is 2.25. The first-order valence-corrected chi connectivity index (χ1v) is 9.35. The zero-order valence-corrected chi connectivity index (χ0v) is 14.4. The number of aryl methyl sites for hydroxylation is 3. The molecule has 1 atom stereocenters. The molecular formula is C18H21BrS. The molecule has 0 N–H and O–H groups in total. The molecule has 1 aromatic carbocycles. The Balaban J connectivity index is 1.74. The molecule has 1 aliphatic carbocycles. The molecule has 106 valence electrons. The molecule has 1 aromatic heterocycles. The topological polar surface area (TPSA) is 0 Å². The van der Waals surface area contributed by atoms with E-state index in [0.717, 1.165) is 0 Å². The van der Waals surface area contributed by atoms with Crippen molar-refractivity contribution in [2.45, 2.75) is 50.3 Å². The third-order valence-electron chi connectivity index (χ3n) is 4.11. The molecule has 1 heterocycles. The van der Waals surface area contributed by atoms with Crippen LogP contribution in [0.5, 0.6) is 0 Å². The molecule has 0 amide bonds. The largest absolute Gasteiger partial charge is 0.144 e.